The van der Waals surface area contributed by atoms with Crippen molar-refractivity contribution in [2.24, 2.45) is 0 Å². The number of rotatable bonds is 5. The molecule has 1 aromatic carbocycles. The van der Waals surface area contributed by atoms with Crippen LogP contribution in [0.5, 0.6) is 0 Å². The number of benzene rings is 1. The Kier molecular flexibility index (Phi) is 4.57. The Hall–Kier alpha value is -1.66. The molecule has 0 atom stereocenters. The first-order valence-corrected chi connectivity index (χ1v) is 8.00. The van der Waals surface area contributed by atoms with E-state index in [-0.39, 0.29) is 12.5 Å². The summed E-state index contributed by atoms with van der Waals surface area (Å²) in [6.07, 6.45) is 2.96. The highest BCUT2D eigenvalue weighted by molar-refractivity contribution is 7.93. The van der Waals surface area contributed by atoms with Crippen molar-refractivity contribution in [1.82, 2.24) is 10.0 Å². The second-order valence-electron chi connectivity index (χ2n) is 4.69. The molecule has 5 nitrogen and oxygen atoms in total. The van der Waals surface area contributed by atoms with E-state index in [1.165, 1.54) is 12.5 Å². The second kappa shape index (κ2) is 6.19. The molecule has 0 fully saturated rings. The minimum atomic E-state index is -3.46. The second-order valence-corrected chi connectivity index (χ2v) is 6.51. The summed E-state index contributed by atoms with van der Waals surface area (Å²) in [5.41, 5.74) is 2.13. The van der Waals surface area contributed by atoms with Gasteiger partial charge in [0.15, 0.2) is 0 Å². The van der Waals surface area contributed by atoms with Crippen LogP contribution in [0.2, 0.25) is 0 Å². The highest BCUT2D eigenvalue weighted by atomic mass is 32.2. The van der Waals surface area contributed by atoms with Crippen molar-refractivity contribution in [3.8, 4) is 0 Å². The fourth-order valence-corrected chi connectivity index (χ4v) is 3.34. The average molecular weight is 294 g/mol. The number of hydrogen-bond acceptors (Lipinski definition) is 3. The van der Waals surface area contributed by atoms with Gasteiger partial charge in [-0.1, -0.05) is 24.3 Å². The Balaban J connectivity index is 2.04. The van der Waals surface area contributed by atoms with Crippen molar-refractivity contribution in [2.75, 3.05) is 13.1 Å². The molecule has 1 amide bonds. The molecule has 0 heterocycles. The SMILES string of the molecule is CC(=O)NCCNS(=O)(=O)C1=Cc2ccccc2CC1. The van der Waals surface area contributed by atoms with Crippen LogP contribution in [0.25, 0.3) is 6.08 Å². The minimum absolute atomic E-state index is 0.171. The molecule has 20 heavy (non-hydrogen) atoms. The lowest BCUT2D eigenvalue weighted by Gasteiger charge is -2.17. The van der Waals surface area contributed by atoms with E-state index in [1.807, 2.05) is 24.3 Å². The van der Waals surface area contributed by atoms with Gasteiger partial charge in [-0.15, -0.1) is 0 Å². The van der Waals surface area contributed by atoms with Gasteiger partial charge in [0, 0.05) is 20.0 Å². The molecule has 1 aromatic rings. The molecule has 0 unspecified atom stereocenters. The van der Waals surface area contributed by atoms with Crippen molar-refractivity contribution >= 4 is 22.0 Å². The number of carbonyl (C=O) groups is 1. The van der Waals surface area contributed by atoms with Crippen LogP contribution in [0.15, 0.2) is 29.2 Å². The molecule has 0 saturated carbocycles. The maximum atomic E-state index is 12.1. The van der Waals surface area contributed by atoms with Crippen molar-refractivity contribution < 1.29 is 13.2 Å². The van der Waals surface area contributed by atoms with Gasteiger partial charge in [-0.3, -0.25) is 4.79 Å². The van der Waals surface area contributed by atoms with Crippen molar-refractivity contribution in [3.05, 3.63) is 40.3 Å². The van der Waals surface area contributed by atoms with Gasteiger partial charge in [0.05, 0.1) is 4.91 Å². The largest absolute Gasteiger partial charge is 0.355 e. The standard InChI is InChI=1S/C14H18N2O3S/c1-11(17)15-8-9-16-20(18,19)14-7-6-12-4-2-3-5-13(12)10-14/h2-5,10,16H,6-9H2,1H3,(H,15,17). The summed E-state index contributed by atoms with van der Waals surface area (Å²) < 4.78 is 26.8. The normalized spacial score (nSPS) is 14.3. The Morgan fingerprint density at radius 3 is 2.70 bits per heavy atom. The fraction of sp³-hybridized carbons (Fsp3) is 0.357. The summed E-state index contributed by atoms with van der Waals surface area (Å²) in [5.74, 6) is -0.171. The summed E-state index contributed by atoms with van der Waals surface area (Å²) in [4.78, 5) is 11.1. The van der Waals surface area contributed by atoms with Gasteiger partial charge in [0.2, 0.25) is 15.9 Å². The Morgan fingerprint density at radius 1 is 1.20 bits per heavy atom. The van der Waals surface area contributed by atoms with Crippen LogP contribution in [-0.2, 0) is 21.2 Å². The van der Waals surface area contributed by atoms with Crippen LogP contribution in [0.1, 0.15) is 24.5 Å². The number of amides is 1. The topological polar surface area (TPSA) is 75.3 Å². The zero-order valence-electron chi connectivity index (χ0n) is 11.3. The smallest absolute Gasteiger partial charge is 0.236 e. The zero-order chi connectivity index (χ0) is 14.6. The van der Waals surface area contributed by atoms with Crippen molar-refractivity contribution in [1.29, 1.82) is 0 Å². The number of allylic oxidation sites excluding steroid dienone is 1. The van der Waals surface area contributed by atoms with E-state index in [0.717, 1.165) is 12.0 Å². The fourth-order valence-electron chi connectivity index (χ4n) is 2.13. The van der Waals surface area contributed by atoms with Crippen LogP contribution in [-0.4, -0.2) is 27.4 Å². The van der Waals surface area contributed by atoms with Crippen molar-refractivity contribution in [2.45, 2.75) is 19.8 Å². The molecule has 2 N–H and O–H groups in total. The van der Waals surface area contributed by atoms with Crippen LogP contribution in [0, 0.1) is 0 Å². The third-order valence-corrected chi connectivity index (χ3v) is 4.75. The molecule has 6 heteroatoms. The Morgan fingerprint density at radius 2 is 1.95 bits per heavy atom. The maximum absolute atomic E-state index is 12.1. The average Bonchev–Trinajstić information content (AvgIpc) is 2.43. The van der Waals surface area contributed by atoms with E-state index in [9.17, 15) is 13.2 Å². The number of hydrogen-bond donors (Lipinski definition) is 2. The third kappa shape index (κ3) is 3.68. The quantitative estimate of drug-likeness (QED) is 0.796. The maximum Gasteiger partial charge on any atom is 0.236 e. The summed E-state index contributed by atoms with van der Waals surface area (Å²) >= 11 is 0. The highest BCUT2D eigenvalue weighted by Crippen LogP contribution is 2.26. The molecule has 108 valence electrons. The van der Waals surface area contributed by atoms with Gasteiger partial charge < -0.3 is 5.32 Å². The molecule has 0 aliphatic heterocycles. The summed E-state index contributed by atoms with van der Waals surface area (Å²) in [6, 6.07) is 7.79. The molecule has 0 bridgehead atoms. The van der Waals surface area contributed by atoms with E-state index in [1.54, 1.807) is 6.08 Å². The van der Waals surface area contributed by atoms with E-state index in [4.69, 9.17) is 0 Å². The Bertz CT molecular complexity index is 636. The van der Waals surface area contributed by atoms with E-state index in [0.29, 0.717) is 17.9 Å². The minimum Gasteiger partial charge on any atom is -0.355 e. The lowest BCUT2D eigenvalue weighted by Crippen LogP contribution is -2.34. The number of sulfonamides is 1. The van der Waals surface area contributed by atoms with Gasteiger partial charge >= 0.3 is 0 Å². The van der Waals surface area contributed by atoms with Crippen molar-refractivity contribution in [3.63, 3.8) is 0 Å². The van der Waals surface area contributed by atoms with Crippen LogP contribution in [0.3, 0.4) is 0 Å². The number of fused-ring (bicyclic) bond motifs is 1. The van der Waals surface area contributed by atoms with Gasteiger partial charge in [-0.25, -0.2) is 13.1 Å². The number of aryl methyl sites for hydroxylation is 1. The van der Waals surface area contributed by atoms with E-state index < -0.39 is 10.0 Å². The predicted octanol–water partition coefficient (Wildman–Crippen LogP) is 1.03. The van der Waals surface area contributed by atoms with Gasteiger partial charge in [0.1, 0.15) is 0 Å². The molecule has 1 aliphatic rings. The molecule has 0 saturated heterocycles. The van der Waals surface area contributed by atoms with E-state index in [2.05, 4.69) is 10.0 Å². The monoisotopic (exact) mass is 294 g/mol. The number of nitrogens with one attached hydrogen (secondary N) is 2. The molecule has 0 spiro atoms. The third-order valence-electron chi connectivity index (χ3n) is 3.15. The molecular formula is C14H18N2O3S. The molecule has 0 radical (unpaired) electrons. The summed E-state index contributed by atoms with van der Waals surface area (Å²) in [6.45, 7) is 1.88. The first-order chi connectivity index (χ1) is 9.49. The summed E-state index contributed by atoms with van der Waals surface area (Å²) in [7, 11) is -3.46. The molecule has 1 aliphatic carbocycles. The highest BCUT2D eigenvalue weighted by Gasteiger charge is 2.20. The molecule has 2 rings (SSSR count). The van der Waals surface area contributed by atoms with Gasteiger partial charge in [-0.05, 0) is 30.0 Å². The van der Waals surface area contributed by atoms with Gasteiger partial charge in [0.25, 0.3) is 0 Å². The first kappa shape index (κ1) is 14.7. The zero-order valence-corrected chi connectivity index (χ0v) is 12.2. The Labute approximate surface area is 119 Å². The van der Waals surface area contributed by atoms with E-state index >= 15 is 0 Å². The molecular weight excluding hydrogens is 276 g/mol. The van der Waals surface area contributed by atoms with Gasteiger partial charge in [-0.2, -0.15) is 0 Å². The predicted molar refractivity (Wildman–Crippen MR) is 78.3 cm³/mol. The lowest BCUT2D eigenvalue weighted by atomic mass is 9.98. The first-order valence-electron chi connectivity index (χ1n) is 6.51. The molecule has 0 aromatic heterocycles. The van der Waals surface area contributed by atoms with Crippen LogP contribution >= 0.6 is 0 Å². The van der Waals surface area contributed by atoms with Crippen LogP contribution in [0.4, 0.5) is 0 Å². The summed E-state index contributed by atoms with van der Waals surface area (Å²) in [5, 5.41) is 2.55. The van der Waals surface area contributed by atoms with Crippen LogP contribution < -0.4 is 10.0 Å². The number of carbonyl (C=O) groups excluding carboxylic acids is 1. The lowest BCUT2D eigenvalue weighted by molar-refractivity contribution is -0.118.